The quantitative estimate of drug-likeness (QED) is 0.775. The molecule has 0 atom stereocenters. The van der Waals surface area contributed by atoms with Crippen molar-refractivity contribution in [2.24, 2.45) is 0 Å². The number of benzene rings is 2. The van der Waals surface area contributed by atoms with Gasteiger partial charge in [-0.25, -0.2) is 12.8 Å². The summed E-state index contributed by atoms with van der Waals surface area (Å²) in [5, 5.41) is -0.00267. The molecule has 0 spiro atoms. The molecule has 2 aromatic carbocycles. The first kappa shape index (κ1) is 15.1. The maximum Gasteiger partial charge on any atom is 0.261 e. The van der Waals surface area contributed by atoms with Gasteiger partial charge < -0.3 is 4.74 Å². The fraction of sp³-hybridized carbons (Fsp3) is 0.0769. The molecule has 0 N–H and O–H groups in total. The van der Waals surface area contributed by atoms with Crippen LogP contribution in [-0.4, -0.2) is 8.42 Å². The fourth-order valence-electron chi connectivity index (χ4n) is 1.64. The summed E-state index contributed by atoms with van der Waals surface area (Å²) < 4.78 is 41.2. The van der Waals surface area contributed by atoms with Crippen LogP contribution in [0.5, 0.6) is 11.5 Å². The highest BCUT2D eigenvalue weighted by molar-refractivity contribution is 8.13. The van der Waals surface area contributed by atoms with Crippen LogP contribution in [0.3, 0.4) is 0 Å². The maximum absolute atomic E-state index is 13.3. The van der Waals surface area contributed by atoms with Crippen molar-refractivity contribution in [3.63, 3.8) is 0 Å². The molecule has 0 saturated carbocycles. The first-order valence-electron chi connectivity index (χ1n) is 5.45. The minimum absolute atomic E-state index is 0.00267. The summed E-state index contributed by atoms with van der Waals surface area (Å²) in [6.45, 7) is 1.59. The lowest BCUT2D eigenvalue weighted by Crippen LogP contribution is -1.95. The molecule has 20 heavy (non-hydrogen) atoms. The summed E-state index contributed by atoms with van der Waals surface area (Å²) in [5.41, 5.74) is 0.437. The lowest BCUT2D eigenvalue weighted by atomic mass is 10.2. The second-order valence-electron chi connectivity index (χ2n) is 4.04. The van der Waals surface area contributed by atoms with Crippen LogP contribution in [0, 0.1) is 12.7 Å². The summed E-state index contributed by atoms with van der Waals surface area (Å²) in [6.07, 6.45) is 0. The number of hydrogen-bond acceptors (Lipinski definition) is 3. The number of rotatable bonds is 3. The normalized spacial score (nSPS) is 11.4. The topological polar surface area (TPSA) is 43.4 Å². The molecule has 0 aliphatic rings. The Morgan fingerprint density at radius 3 is 2.25 bits per heavy atom. The third kappa shape index (κ3) is 3.42. The van der Waals surface area contributed by atoms with Crippen molar-refractivity contribution < 1.29 is 17.5 Å². The van der Waals surface area contributed by atoms with Crippen molar-refractivity contribution in [2.75, 3.05) is 0 Å². The third-order valence-electron chi connectivity index (χ3n) is 2.54. The molecule has 3 nitrogen and oxygen atoms in total. The number of aryl methyl sites for hydroxylation is 1. The zero-order valence-corrected chi connectivity index (χ0v) is 12.6. The van der Waals surface area contributed by atoms with Crippen molar-refractivity contribution in [3.8, 4) is 11.5 Å². The van der Waals surface area contributed by atoms with E-state index in [9.17, 15) is 12.8 Å². The summed E-state index contributed by atoms with van der Waals surface area (Å²) in [4.78, 5) is 0.00815. The smallest absolute Gasteiger partial charge is 0.261 e. The van der Waals surface area contributed by atoms with E-state index in [0.29, 0.717) is 11.3 Å². The monoisotopic (exact) mass is 334 g/mol. The van der Waals surface area contributed by atoms with Gasteiger partial charge in [-0.2, -0.15) is 0 Å². The predicted octanol–water partition coefficient (Wildman–Crippen LogP) is 4.51. The predicted molar refractivity (Wildman–Crippen MR) is 75.7 cm³/mol. The van der Waals surface area contributed by atoms with E-state index < -0.39 is 14.9 Å². The van der Waals surface area contributed by atoms with Crippen LogP contribution < -0.4 is 4.74 Å². The van der Waals surface area contributed by atoms with Gasteiger partial charge >= 0.3 is 0 Å². The minimum atomic E-state index is -3.80. The lowest BCUT2D eigenvalue weighted by molar-refractivity contribution is 0.476. The Balaban J connectivity index is 2.31. The van der Waals surface area contributed by atoms with Crippen LogP contribution in [0.1, 0.15) is 5.56 Å². The zero-order valence-electron chi connectivity index (χ0n) is 10.2. The van der Waals surface area contributed by atoms with E-state index in [1.807, 2.05) is 0 Å². The molecule has 0 aromatic heterocycles. The molecule has 0 heterocycles. The van der Waals surface area contributed by atoms with Crippen LogP contribution in [0.15, 0.2) is 41.3 Å². The number of ether oxygens (including phenoxy) is 1. The molecule has 0 aliphatic carbocycles. The molecule has 2 rings (SSSR count). The minimum Gasteiger partial charge on any atom is -0.457 e. The molecule has 106 valence electrons. The third-order valence-corrected chi connectivity index (χ3v) is 4.32. The van der Waals surface area contributed by atoms with E-state index >= 15 is 0 Å². The molecular formula is C13H9Cl2FO3S. The van der Waals surface area contributed by atoms with Gasteiger partial charge in [0.25, 0.3) is 9.05 Å². The van der Waals surface area contributed by atoms with Gasteiger partial charge in [0.15, 0.2) is 0 Å². The van der Waals surface area contributed by atoms with Gasteiger partial charge in [0.05, 0.1) is 9.92 Å². The van der Waals surface area contributed by atoms with E-state index in [1.165, 1.54) is 30.3 Å². The van der Waals surface area contributed by atoms with Gasteiger partial charge in [0.1, 0.15) is 17.3 Å². The van der Waals surface area contributed by atoms with Gasteiger partial charge in [-0.3, -0.25) is 0 Å². The molecule has 0 amide bonds. The van der Waals surface area contributed by atoms with Crippen molar-refractivity contribution >= 4 is 31.3 Å². The molecule has 2 aromatic rings. The van der Waals surface area contributed by atoms with Crippen LogP contribution in [0.2, 0.25) is 5.02 Å². The maximum atomic E-state index is 13.3. The average Bonchev–Trinajstić information content (AvgIpc) is 2.32. The van der Waals surface area contributed by atoms with Crippen LogP contribution in [-0.2, 0) is 9.05 Å². The SMILES string of the molecule is Cc1cc(Oc2ccc(Cl)c(F)c2)ccc1S(=O)(=O)Cl. The van der Waals surface area contributed by atoms with Crippen LogP contribution in [0.4, 0.5) is 4.39 Å². The Morgan fingerprint density at radius 2 is 1.70 bits per heavy atom. The van der Waals surface area contributed by atoms with Crippen molar-refractivity contribution in [2.45, 2.75) is 11.8 Å². The van der Waals surface area contributed by atoms with Crippen LogP contribution in [0.25, 0.3) is 0 Å². The van der Waals surface area contributed by atoms with Crippen LogP contribution >= 0.6 is 22.3 Å². The average molecular weight is 335 g/mol. The van der Waals surface area contributed by atoms with Gasteiger partial charge in [0.2, 0.25) is 0 Å². The first-order chi connectivity index (χ1) is 9.27. The summed E-state index contributed by atoms with van der Waals surface area (Å²) in [6, 6.07) is 8.29. The molecular weight excluding hydrogens is 326 g/mol. The second kappa shape index (κ2) is 5.60. The van der Waals surface area contributed by atoms with Gasteiger partial charge in [0, 0.05) is 16.7 Å². The van der Waals surface area contributed by atoms with E-state index in [1.54, 1.807) is 6.92 Å². The number of hydrogen-bond donors (Lipinski definition) is 0. The van der Waals surface area contributed by atoms with Crippen molar-refractivity contribution in [1.29, 1.82) is 0 Å². The van der Waals surface area contributed by atoms with Crippen molar-refractivity contribution in [1.82, 2.24) is 0 Å². The standard InChI is InChI=1S/C13H9Cl2FO3S/c1-8-6-9(3-5-13(8)20(15,17)18)19-10-2-4-11(14)12(16)7-10/h2-7H,1H3. The second-order valence-corrected chi connectivity index (χ2v) is 6.98. The van der Waals surface area contributed by atoms with E-state index in [-0.39, 0.29) is 15.7 Å². The Morgan fingerprint density at radius 1 is 1.10 bits per heavy atom. The van der Waals surface area contributed by atoms with Crippen molar-refractivity contribution in [3.05, 3.63) is 52.8 Å². The van der Waals surface area contributed by atoms with Gasteiger partial charge in [-0.1, -0.05) is 11.6 Å². The Hall–Kier alpha value is -1.30. The molecule has 0 aliphatic heterocycles. The summed E-state index contributed by atoms with van der Waals surface area (Å²) >= 11 is 5.57. The molecule has 0 saturated heterocycles. The lowest BCUT2D eigenvalue weighted by Gasteiger charge is -2.08. The van der Waals surface area contributed by atoms with E-state index in [4.69, 9.17) is 27.0 Å². The zero-order chi connectivity index (χ0) is 14.9. The Kier molecular flexibility index (Phi) is 4.22. The molecule has 0 fully saturated rings. The van der Waals surface area contributed by atoms with E-state index in [0.717, 1.165) is 6.07 Å². The van der Waals surface area contributed by atoms with E-state index in [2.05, 4.69) is 0 Å². The first-order valence-corrected chi connectivity index (χ1v) is 8.14. The number of halogens is 3. The fourth-order valence-corrected chi connectivity index (χ4v) is 2.95. The van der Waals surface area contributed by atoms with Gasteiger partial charge in [-0.05, 0) is 42.8 Å². The highest BCUT2D eigenvalue weighted by Crippen LogP contribution is 2.29. The summed E-state index contributed by atoms with van der Waals surface area (Å²) in [5.74, 6) is 0.0296. The largest absolute Gasteiger partial charge is 0.457 e. The van der Waals surface area contributed by atoms with Gasteiger partial charge in [-0.15, -0.1) is 0 Å². The molecule has 7 heteroatoms. The molecule has 0 bridgehead atoms. The highest BCUT2D eigenvalue weighted by Gasteiger charge is 2.14. The Bertz CT molecular complexity index is 760. The Labute approximate surface area is 125 Å². The highest BCUT2D eigenvalue weighted by atomic mass is 35.7. The molecule has 0 radical (unpaired) electrons. The molecule has 0 unspecified atom stereocenters. The summed E-state index contributed by atoms with van der Waals surface area (Å²) in [7, 11) is 1.49.